The first-order chi connectivity index (χ1) is 11.2. The molecule has 0 heterocycles. The second-order valence-corrected chi connectivity index (χ2v) is 11.4. The molecule has 4 heteroatoms. The third-order valence-corrected chi connectivity index (χ3v) is 10.5. The van der Waals surface area contributed by atoms with Gasteiger partial charge in [-0.1, -0.05) is 0 Å². The Labute approximate surface area is 154 Å². The third-order valence-electron chi connectivity index (χ3n) is 6.80. The van der Waals surface area contributed by atoms with E-state index in [0.29, 0.717) is 16.5 Å². The van der Waals surface area contributed by atoms with Crippen molar-refractivity contribution in [2.75, 3.05) is 0 Å². The van der Waals surface area contributed by atoms with E-state index in [-0.39, 0.29) is 42.6 Å². The molecule has 2 rings (SSSR count). The maximum atomic E-state index is 13.2. The van der Waals surface area contributed by atoms with Crippen LogP contribution in [0.3, 0.4) is 0 Å². The Morgan fingerprint density at radius 3 is 2.33 bits per heavy atom. The first-order valence-electron chi connectivity index (χ1n) is 9.65. The van der Waals surface area contributed by atoms with Gasteiger partial charge >= 0.3 is 154 Å². The maximum absolute atomic E-state index is 13.2. The van der Waals surface area contributed by atoms with Crippen molar-refractivity contribution in [1.82, 2.24) is 5.32 Å². The van der Waals surface area contributed by atoms with Gasteiger partial charge in [-0.3, -0.25) is 0 Å². The Bertz CT molecular complexity index is 490. The number of nitrogens with one attached hydrogen (secondary N) is 1. The van der Waals surface area contributed by atoms with Crippen LogP contribution in [-0.4, -0.2) is 32.7 Å². The summed E-state index contributed by atoms with van der Waals surface area (Å²) >= 11 is 0.273. The quantitative estimate of drug-likeness (QED) is 0.614. The van der Waals surface area contributed by atoms with E-state index < -0.39 is 0 Å². The standard InChI is InChI=1S/C20H35NO2Se/c1-7-9-15(21-13(3)22)16(10-8-2)24-17-14-11-12-20(6,18(17)23)19(14,4)5/h14-17H,7-12H2,1-6H3,(H,21,22)/t14-,15-,16+,17+,20+/m1/s1. The van der Waals surface area contributed by atoms with Crippen LogP contribution in [0.15, 0.2) is 0 Å². The molecule has 2 bridgehead atoms. The van der Waals surface area contributed by atoms with Crippen molar-refractivity contribution >= 4 is 26.6 Å². The van der Waals surface area contributed by atoms with Crippen molar-refractivity contribution in [3.05, 3.63) is 0 Å². The van der Waals surface area contributed by atoms with Gasteiger partial charge in [0, 0.05) is 0 Å². The summed E-state index contributed by atoms with van der Waals surface area (Å²) in [7, 11) is 0. The Morgan fingerprint density at radius 1 is 1.25 bits per heavy atom. The zero-order valence-electron chi connectivity index (χ0n) is 16.3. The van der Waals surface area contributed by atoms with Crippen molar-refractivity contribution in [2.24, 2.45) is 16.7 Å². The Balaban J connectivity index is 2.18. The van der Waals surface area contributed by atoms with Gasteiger partial charge in [0.25, 0.3) is 0 Å². The van der Waals surface area contributed by atoms with Crippen LogP contribution in [-0.2, 0) is 9.59 Å². The van der Waals surface area contributed by atoms with Crippen molar-refractivity contribution in [1.29, 1.82) is 0 Å². The summed E-state index contributed by atoms with van der Waals surface area (Å²) in [6.45, 7) is 12.8. The average molecular weight is 400 g/mol. The molecule has 0 aromatic heterocycles. The number of hydrogen-bond acceptors (Lipinski definition) is 2. The summed E-state index contributed by atoms with van der Waals surface area (Å²) in [6, 6.07) is 0.246. The Hall–Kier alpha value is -0.341. The number of carbonyl (C=O) groups excluding carboxylic acids is 2. The molecule has 5 atom stereocenters. The van der Waals surface area contributed by atoms with Crippen LogP contribution in [0.5, 0.6) is 0 Å². The van der Waals surface area contributed by atoms with E-state index in [1.165, 1.54) is 6.42 Å². The Kier molecular flexibility index (Phi) is 6.24. The van der Waals surface area contributed by atoms with Crippen LogP contribution in [0.25, 0.3) is 0 Å². The molecule has 2 aliphatic rings. The molecule has 1 N–H and O–H groups in total. The zero-order valence-corrected chi connectivity index (χ0v) is 18.0. The number of ketones is 1. The van der Waals surface area contributed by atoms with E-state index >= 15 is 0 Å². The molecule has 0 aliphatic heterocycles. The molecule has 2 aliphatic carbocycles. The van der Waals surface area contributed by atoms with Crippen LogP contribution in [0.2, 0.25) is 9.63 Å². The molecule has 24 heavy (non-hydrogen) atoms. The topological polar surface area (TPSA) is 46.2 Å². The van der Waals surface area contributed by atoms with Crippen molar-refractivity contribution < 1.29 is 9.59 Å². The van der Waals surface area contributed by atoms with E-state index in [1.807, 2.05) is 0 Å². The van der Waals surface area contributed by atoms with E-state index in [9.17, 15) is 9.59 Å². The number of fused-ring (bicyclic) bond motifs is 2. The fourth-order valence-electron chi connectivity index (χ4n) is 4.92. The van der Waals surface area contributed by atoms with E-state index in [4.69, 9.17) is 0 Å². The fourth-order valence-corrected chi connectivity index (χ4v) is 9.52. The van der Waals surface area contributed by atoms with Crippen LogP contribution in [0.1, 0.15) is 80.1 Å². The molecule has 3 nitrogen and oxygen atoms in total. The summed E-state index contributed by atoms with van der Waals surface area (Å²) in [5.74, 6) is 1.15. The second kappa shape index (κ2) is 7.50. The fraction of sp³-hybridized carbons (Fsp3) is 0.900. The molecule has 0 saturated heterocycles. The number of Topliss-reactive ketones (excluding diaryl/α,β-unsaturated/α-hetero) is 1. The molecule has 1 amide bonds. The summed E-state index contributed by atoms with van der Waals surface area (Å²) in [5.41, 5.74) is 0.0244. The molecule has 0 aromatic carbocycles. The van der Waals surface area contributed by atoms with Gasteiger partial charge < -0.3 is 0 Å². The normalized spacial score (nSPS) is 33.5. The summed E-state index contributed by atoms with van der Waals surface area (Å²) in [5, 5.41) is 3.19. The minimum absolute atomic E-state index is 0.0666. The SMILES string of the molecule is CCC[C@H]([Se][C@@H]1C(=O)[C@]2(C)CC[C@H]1C2(C)C)[C@@H](CCC)NC(C)=O. The molecule has 2 fully saturated rings. The zero-order chi connectivity index (χ0) is 18.1. The number of carbonyl (C=O) groups is 2. The van der Waals surface area contributed by atoms with Gasteiger partial charge in [0.15, 0.2) is 0 Å². The van der Waals surface area contributed by atoms with Crippen LogP contribution >= 0.6 is 0 Å². The molecule has 0 radical (unpaired) electrons. The number of hydrogen-bond donors (Lipinski definition) is 1. The molecule has 0 unspecified atom stereocenters. The van der Waals surface area contributed by atoms with Gasteiger partial charge in [0.1, 0.15) is 0 Å². The van der Waals surface area contributed by atoms with Crippen molar-refractivity contribution in [2.45, 2.75) is 95.7 Å². The molecule has 138 valence electrons. The van der Waals surface area contributed by atoms with Crippen molar-refractivity contribution in [3.8, 4) is 0 Å². The van der Waals surface area contributed by atoms with Gasteiger partial charge in [0.05, 0.1) is 0 Å². The average Bonchev–Trinajstić information content (AvgIpc) is 2.80. The van der Waals surface area contributed by atoms with Gasteiger partial charge in [0.2, 0.25) is 0 Å². The third kappa shape index (κ3) is 3.33. The molecular weight excluding hydrogens is 365 g/mol. The first kappa shape index (κ1) is 20.0. The van der Waals surface area contributed by atoms with Crippen LogP contribution < -0.4 is 5.32 Å². The second-order valence-electron chi connectivity index (χ2n) is 8.54. The number of amides is 1. The van der Waals surface area contributed by atoms with E-state index in [1.54, 1.807) is 6.92 Å². The van der Waals surface area contributed by atoms with Crippen molar-refractivity contribution in [3.63, 3.8) is 0 Å². The van der Waals surface area contributed by atoms with Gasteiger partial charge in [-0.05, 0) is 0 Å². The molecular formula is C20H35NO2Se. The summed E-state index contributed by atoms with van der Waals surface area (Å²) in [6.07, 6.45) is 6.62. The first-order valence-corrected chi connectivity index (χ1v) is 11.6. The summed E-state index contributed by atoms with van der Waals surface area (Å²) in [4.78, 5) is 25.6. The van der Waals surface area contributed by atoms with E-state index in [2.05, 4.69) is 39.9 Å². The molecule has 2 saturated carbocycles. The molecule has 0 spiro atoms. The monoisotopic (exact) mass is 401 g/mol. The summed E-state index contributed by atoms with van der Waals surface area (Å²) < 4.78 is 0. The Morgan fingerprint density at radius 2 is 1.88 bits per heavy atom. The number of rotatable bonds is 8. The minimum atomic E-state index is -0.116. The predicted molar refractivity (Wildman–Crippen MR) is 100 cm³/mol. The van der Waals surface area contributed by atoms with Crippen LogP contribution in [0.4, 0.5) is 0 Å². The van der Waals surface area contributed by atoms with Gasteiger partial charge in [-0.2, -0.15) is 0 Å². The van der Waals surface area contributed by atoms with Gasteiger partial charge in [-0.15, -0.1) is 0 Å². The van der Waals surface area contributed by atoms with Crippen LogP contribution in [0, 0.1) is 16.7 Å². The van der Waals surface area contributed by atoms with Gasteiger partial charge in [-0.25, -0.2) is 0 Å². The molecule has 0 aromatic rings. The van der Waals surface area contributed by atoms with E-state index in [0.717, 1.165) is 32.1 Å². The predicted octanol–water partition coefficient (Wildman–Crippen LogP) is 4.40.